The van der Waals surface area contributed by atoms with Crippen molar-refractivity contribution in [3.63, 3.8) is 0 Å². The van der Waals surface area contributed by atoms with Gasteiger partial charge in [0.2, 0.25) is 0 Å². The van der Waals surface area contributed by atoms with Crippen molar-refractivity contribution in [2.24, 2.45) is 0 Å². The number of unbranched alkanes of at least 4 members (excludes halogenated alkanes) is 7. The molecule has 0 amide bonds. The summed E-state index contributed by atoms with van der Waals surface area (Å²) in [4.78, 5) is 0.603. The number of phenolic OH excluding ortho intramolecular Hbond substituents is 3. The first kappa shape index (κ1) is 23.0. The fraction of sp³-hybridized carbons (Fsp3) is 0.400. The van der Waals surface area contributed by atoms with E-state index in [1.165, 1.54) is 75.1 Å². The largest absolute Gasteiger partial charge is 0.507 e. The van der Waals surface area contributed by atoms with Gasteiger partial charge in [-0.25, -0.2) is 0 Å². The Morgan fingerprint density at radius 2 is 1.38 bits per heavy atom. The fourth-order valence-electron chi connectivity index (χ4n) is 3.30. The van der Waals surface area contributed by atoms with Crippen molar-refractivity contribution < 1.29 is 15.3 Å². The van der Waals surface area contributed by atoms with Gasteiger partial charge in [-0.3, -0.25) is 0 Å². The number of allylic oxidation sites excluding steroid dienone is 1. The highest BCUT2D eigenvalue weighted by atomic mass is 32.1. The second-order valence-corrected chi connectivity index (χ2v) is 7.93. The highest BCUT2D eigenvalue weighted by Crippen LogP contribution is 2.35. The van der Waals surface area contributed by atoms with Crippen molar-refractivity contribution in [1.29, 1.82) is 0 Å². The Morgan fingerprint density at radius 3 is 2.03 bits per heavy atom. The normalized spacial score (nSPS) is 11.2. The third-order valence-electron chi connectivity index (χ3n) is 5.13. The average Bonchev–Trinajstić information content (AvgIpc) is 2.73. The van der Waals surface area contributed by atoms with E-state index in [2.05, 4.69) is 19.1 Å². The number of phenols is 3. The smallest absolute Gasteiger partial charge is 0.168 e. The van der Waals surface area contributed by atoms with E-state index in [0.717, 1.165) is 12.0 Å². The van der Waals surface area contributed by atoms with E-state index in [-0.39, 0.29) is 22.8 Å². The van der Waals surface area contributed by atoms with Crippen molar-refractivity contribution in [1.82, 2.24) is 0 Å². The first-order chi connectivity index (χ1) is 14.0. The molecule has 2 rings (SSSR count). The number of benzene rings is 2. The van der Waals surface area contributed by atoms with Gasteiger partial charge in [-0.2, -0.15) is 0 Å². The molecule has 29 heavy (non-hydrogen) atoms. The van der Waals surface area contributed by atoms with Gasteiger partial charge in [0.15, 0.2) is 11.5 Å². The van der Waals surface area contributed by atoms with Crippen LogP contribution in [0.5, 0.6) is 17.2 Å². The Morgan fingerprint density at radius 1 is 0.793 bits per heavy atom. The van der Waals surface area contributed by atoms with Crippen LogP contribution in [0.3, 0.4) is 0 Å². The van der Waals surface area contributed by atoms with Crippen LogP contribution in [0.15, 0.2) is 42.5 Å². The zero-order valence-corrected chi connectivity index (χ0v) is 18.0. The van der Waals surface area contributed by atoms with Crippen LogP contribution < -0.4 is 0 Å². The molecule has 2 aromatic rings. The predicted octanol–water partition coefficient (Wildman–Crippen LogP) is 6.92. The van der Waals surface area contributed by atoms with E-state index in [4.69, 9.17) is 12.2 Å². The summed E-state index contributed by atoms with van der Waals surface area (Å²) < 4.78 is 0. The molecule has 0 spiro atoms. The Hall–Kier alpha value is -2.33. The molecule has 156 valence electrons. The van der Waals surface area contributed by atoms with Crippen LogP contribution in [0.1, 0.15) is 75.0 Å². The molecule has 0 fully saturated rings. The molecule has 0 atom stereocenters. The first-order valence-corrected chi connectivity index (χ1v) is 11.0. The maximum absolute atomic E-state index is 9.87. The zero-order valence-electron chi connectivity index (χ0n) is 17.2. The predicted molar refractivity (Wildman–Crippen MR) is 125 cm³/mol. The molecule has 0 unspecified atom stereocenters. The summed E-state index contributed by atoms with van der Waals surface area (Å²) in [6.45, 7) is 2.25. The minimum atomic E-state index is -0.357. The summed E-state index contributed by atoms with van der Waals surface area (Å²) in [7, 11) is 0. The van der Waals surface area contributed by atoms with Crippen LogP contribution >= 0.6 is 12.2 Å². The molecule has 0 aliphatic heterocycles. The molecule has 3 N–H and O–H groups in total. The summed E-state index contributed by atoms with van der Waals surface area (Å²) in [6.07, 6.45) is 14.8. The maximum atomic E-state index is 9.87. The zero-order chi connectivity index (χ0) is 21.1. The molecule has 0 saturated carbocycles. The van der Waals surface area contributed by atoms with Crippen LogP contribution in [0, 0.1) is 0 Å². The first-order valence-electron chi connectivity index (χ1n) is 10.6. The SMILES string of the molecule is CCCCCCCCCCc1ccc(C(=S)C=Cc2c(O)ccc(O)c2O)cc1. The molecule has 4 heteroatoms. The van der Waals surface area contributed by atoms with E-state index >= 15 is 0 Å². The average molecular weight is 413 g/mol. The third kappa shape index (κ3) is 7.54. The van der Waals surface area contributed by atoms with Gasteiger partial charge in [0.05, 0.1) is 5.56 Å². The van der Waals surface area contributed by atoms with Crippen LogP contribution in [-0.2, 0) is 6.42 Å². The number of hydrogen-bond donors (Lipinski definition) is 3. The second-order valence-electron chi connectivity index (χ2n) is 7.49. The fourth-order valence-corrected chi connectivity index (χ4v) is 3.51. The molecular formula is C25H32O3S. The molecule has 0 radical (unpaired) electrons. The van der Waals surface area contributed by atoms with Gasteiger partial charge in [-0.15, -0.1) is 0 Å². The second kappa shape index (κ2) is 12.3. The topological polar surface area (TPSA) is 60.7 Å². The number of aryl methyl sites for hydroxylation is 1. The van der Waals surface area contributed by atoms with Gasteiger partial charge in [-0.05, 0) is 48.3 Å². The third-order valence-corrected chi connectivity index (χ3v) is 5.50. The van der Waals surface area contributed by atoms with Crippen LogP contribution in [0.2, 0.25) is 0 Å². The van der Waals surface area contributed by atoms with Gasteiger partial charge in [-0.1, -0.05) is 88.4 Å². The molecule has 0 aliphatic rings. The Bertz CT molecular complexity index is 810. The van der Waals surface area contributed by atoms with Gasteiger partial charge in [0, 0.05) is 4.86 Å². The summed E-state index contributed by atoms with van der Waals surface area (Å²) in [5.41, 5.74) is 2.38. The monoisotopic (exact) mass is 412 g/mol. The van der Waals surface area contributed by atoms with Crippen molar-refractivity contribution in [3.05, 3.63) is 59.2 Å². The van der Waals surface area contributed by atoms with E-state index in [1.54, 1.807) is 6.08 Å². The van der Waals surface area contributed by atoms with E-state index < -0.39 is 0 Å². The maximum Gasteiger partial charge on any atom is 0.168 e. The summed E-state index contributed by atoms with van der Waals surface area (Å²) >= 11 is 5.44. The lowest BCUT2D eigenvalue weighted by molar-refractivity contribution is 0.395. The van der Waals surface area contributed by atoms with Crippen molar-refractivity contribution >= 4 is 23.2 Å². The van der Waals surface area contributed by atoms with Gasteiger partial charge in [0.25, 0.3) is 0 Å². The molecule has 0 aromatic heterocycles. The highest BCUT2D eigenvalue weighted by Gasteiger charge is 2.09. The molecule has 2 aromatic carbocycles. The minimum absolute atomic E-state index is 0.111. The minimum Gasteiger partial charge on any atom is -0.507 e. The van der Waals surface area contributed by atoms with Crippen LogP contribution in [0.25, 0.3) is 6.08 Å². The quantitative estimate of drug-likeness (QED) is 0.0884. The standard InChI is InChI=1S/C25H32O3S/c1-2-3-4-5-6-7-8-9-10-19-11-13-20(14-12-19)24(29)18-15-21-22(26)16-17-23(27)25(21)28/h11-18,26-28H,2-10H2,1H3. The lowest BCUT2D eigenvalue weighted by Gasteiger charge is -2.06. The van der Waals surface area contributed by atoms with Gasteiger partial charge < -0.3 is 15.3 Å². The van der Waals surface area contributed by atoms with E-state index in [1.807, 2.05) is 12.1 Å². The number of aromatic hydroxyl groups is 3. The van der Waals surface area contributed by atoms with E-state index in [0.29, 0.717) is 4.86 Å². The molecule has 0 heterocycles. The lowest BCUT2D eigenvalue weighted by Crippen LogP contribution is -1.94. The Labute approximate surface area is 179 Å². The molecule has 0 bridgehead atoms. The highest BCUT2D eigenvalue weighted by molar-refractivity contribution is 7.81. The molecule has 3 nitrogen and oxygen atoms in total. The number of thiocarbonyl (C=S) groups is 1. The lowest BCUT2D eigenvalue weighted by atomic mass is 10.0. The Kier molecular flexibility index (Phi) is 9.72. The van der Waals surface area contributed by atoms with Crippen molar-refractivity contribution in [3.8, 4) is 17.2 Å². The molecule has 0 saturated heterocycles. The van der Waals surface area contributed by atoms with E-state index in [9.17, 15) is 15.3 Å². The van der Waals surface area contributed by atoms with Gasteiger partial charge in [0.1, 0.15) is 5.75 Å². The number of hydrogen-bond acceptors (Lipinski definition) is 4. The molecule has 0 aliphatic carbocycles. The Balaban J connectivity index is 1.81. The van der Waals surface area contributed by atoms with Crippen molar-refractivity contribution in [2.45, 2.75) is 64.7 Å². The summed E-state index contributed by atoms with van der Waals surface area (Å²) in [5.74, 6) is -0.747. The summed E-state index contributed by atoms with van der Waals surface area (Å²) in [6, 6.07) is 10.8. The summed E-state index contributed by atoms with van der Waals surface area (Å²) in [5, 5.41) is 29.3. The van der Waals surface area contributed by atoms with Crippen LogP contribution in [0.4, 0.5) is 0 Å². The van der Waals surface area contributed by atoms with Gasteiger partial charge >= 0.3 is 0 Å². The number of rotatable bonds is 12. The van der Waals surface area contributed by atoms with Crippen molar-refractivity contribution in [2.75, 3.05) is 0 Å². The molecular weight excluding hydrogens is 380 g/mol. The van der Waals surface area contributed by atoms with Crippen LogP contribution in [-0.4, -0.2) is 20.2 Å².